The van der Waals surface area contributed by atoms with Crippen molar-refractivity contribution in [1.82, 2.24) is 9.97 Å². The number of hydrogen-bond acceptors (Lipinski definition) is 5. The molecule has 22 heavy (non-hydrogen) atoms. The maximum Gasteiger partial charge on any atom is 0.332 e. The fourth-order valence-corrected chi connectivity index (χ4v) is 1.13. The molecular formula is C14H27N3O5. The van der Waals surface area contributed by atoms with Crippen molar-refractivity contribution < 1.29 is 24.9 Å². The minimum atomic E-state index is -1.23. The maximum absolute atomic E-state index is 10.2. The van der Waals surface area contributed by atoms with Crippen LogP contribution in [-0.4, -0.2) is 49.4 Å². The molecule has 0 spiro atoms. The predicted molar refractivity (Wildman–Crippen MR) is 82.3 cm³/mol. The number of nitrogens with zero attached hydrogens (tertiary/aromatic N) is 1. The standard InChI is InChI=1S/C8H17NO2.C3H4N2.C3H6O3/c1-2-3-4-5-6-7(9)8(10)11;1-2-5-3-4-1;1-2(4)3(5)6/h7H,2-6,9H2,1H3,(H,10,11);1-3H,(H,4,5);2,4H,1H3,(H,5,6). The molecule has 0 radical (unpaired) electrons. The Kier molecular flexibility index (Phi) is 15.7. The highest BCUT2D eigenvalue weighted by atomic mass is 16.4. The fraction of sp³-hybridized carbons (Fsp3) is 0.643. The summed E-state index contributed by atoms with van der Waals surface area (Å²) >= 11 is 0. The molecule has 1 heterocycles. The summed E-state index contributed by atoms with van der Waals surface area (Å²) in [6.45, 7) is 3.32. The Morgan fingerprint density at radius 3 is 2.09 bits per heavy atom. The maximum atomic E-state index is 10.2. The van der Waals surface area contributed by atoms with Crippen LogP contribution in [0.4, 0.5) is 0 Å². The van der Waals surface area contributed by atoms with Gasteiger partial charge in [-0.25, -0.2) is 9.78 Å². The van der Waals surface area contributed by atoms with E-state index in [0.29, 0.717) is 6.42 Å². The molecule has 8 nitrogen and oxygen atoms in total. The molecule has 2 unspecified atom stereocenters. The van der Waals surface area contributed by atoms with Gasteiger partial charge in [-0.1, -0.05) is 32.6 Å². The Labute approximate surface area is 130 Å². The van der Waals surface area contributed by atoms with E-state index in [4.69, 9.17) is 21.1 Å². The van der Waals surface area contributed by atoms with Crippen LogP contribution in [0.25, 0.3) is 0 Å². The number of aromatic nitrogens is 2. The molecule has 1 aromatic rings. The van der Waals surface area contributed by atoms with Gasteiger partial charge in [0.1, 0.15) is 12.1 Å². The molecule has 6 N–H and O–H groups in total. The quantitative estimate of drug-likeness (QED) is 0.474. The van der Waals surface area contributed by atoms with Crippen molar-refractivity contribution in [3.63, 3.8) is 0 Å². The van der Waals surface area contributed by atoms with Crippen molar-refractivity contribution in [2.45, 2.75) is 58.1 Å². The first-order valence-electron chi connectivity index (χ1n) is 7.14. The Bertz CT molecular complexity index is 351. The van der Waals surface area contributed by atoms with Crippen LogP contribution in [0.3, 0.4) is 0 Å². The van der Waals surface area contributed by atoms with Crippen molar-refractivity contribution in [2.24, 2.45) is 5.73 Å². The van der Waals surface area contributed by atoms with Crippen LogP contribution in [-0.2, 0) is 9.59 Å². The molecule has 0 saturated heterocycles. The van der Waals surface area contributed by atoms with Crippen LogP contribution in [0.5, 0.6) is 0 Å². The summed E-state index contributed by atoms with van der Waals surface area (Å²) in [5.74, 6) is -2.07. The molecular weight excluding hydrogens is 290 g/mol. The number of aliphatic carboxylic acids is 2. The van der Waals surface area contributed by atoms with Crippen LogP contribution in [0.2, 0.25) is 0 Å². The van der Waals surface area contributed by atoms with Gasteiger partial charge in [0.2, 0.25) is 0 Å². The lowest BCUT2D eigenvalue weighted by Gasteiger charge is -2.04. The highest BCUT2D eigenvalue weighted by Gasteiger charge is 2.09. The van der Waals surface area contributed by atoms with E-state index < -0.39 is 24.1 Å². The van der Waals surface area contributed by atoms with Gasteiger partial charge < -0.3 is 26.0 Å². The summed E-state index contributed by atoms with van der Waals surface area (Å²) in [4.78, 5) is 26.1. The zero-order valence-corrected chi connectivity index (χ0v) is 13.1. The second-order valence-electron chi connectivity index (χ2n) is 4.57. The monoisotopic (exact) mass is 317 g/mol. The molecule has 0 amide bonds. The van der Waals surface area contributed by atoms with Crippen LogP contribution in [0, 0.1) is 0 Å². The first-order chi connectivity index (χ1) is 10.3. The molecule has 0 aliphatic carbocycles. The van der Waals surface area contributed by atoms with Gasteiger partial charge >= 0.3 is 11.9 Å². The number of aliphatic hydroxyl groups is 1. The van der Waals surface area contributed by atoms with E-state index >= 15 is 0 Å². The number of imidazole rings is 1. The van der Waals surface area contributed by atoms with Gasteiger partial charge in [0.05, 0.1) is 6.33 Å². The van der Waals surface area contributed by atoms with Crippen LogP contribution >= 0.6 is 0 Å². The summed E-state index contributed by atoms with van der Waals surface area (Å²) in [6.07, 6.45) is 8.83. The number of aromatic amines is 1. The lowest BCUT2D eigenvalue weighted by Crippen LogP contribution is -2.29. The Balaban J connectivity index is 0. The first kappa shape index (κ1) is 22.4. The summed E-state index contributed by atoms with van der Waals surface area (Å²) in [7, 11) is 0. The van der Waals surface area contributed by atoms with E-state index in [2.05, 4.69) is 16.9 Å². The number of H-pyrrole nitrogens is 1. The van der Waals surface area contributed by atoms with Gasteiger partial charge in [-0.3, -0.25) is 4.79 Å². The largest absolute Gasteiger partial charge is 0.480 e. The fourth-order valence-electron chi connectivity index (χ4n) is 1.13. The molecule has 1 aromatic heterocycles. The SMILES string of the molecule is CC(O)C(=O)O.CCCCCCC(N)C(=O)O.c1c[nH]cn1. The van der Waals surface area contributed by atoms with E-state index in [9.17, 15) is 9.59 Å². The Morgan fingerprint density at radius 1 is 1.23 bits per heavy atom. The molecule has 0 saturated carbocycles. The summed E-state index contributed by atoms with van der Waals surface area (Å²) in [5.41, 5.74) is 5.30. The highest BCUT2D eigenvalue weighted by Crippen LogP contribution is 2.03. The van der Waals surface area contributed by atoms with Crippen molar-refractivity contribution >= 4 is 11.9 Å². The van der Waals surface area contributed by atoms with Gasteiger partial charge in [0.15, 0.2) is 0 Å². The normalized spacial score (nSPS) is 12.0. The third-order valence-corrected chi connectivity index (χ3v) is 2.45. The zero-order valence-electron chi connectivity index (χ0n) is 13.1. The van der Waals surface area contributed by atoms with Crippen molar-refractivity contribution in [1.29, 1.82) is 0 Å². The van der Waals surface area contributed by atoms with Gasteiger partial charge in [-0.15, -0.1) is 0 Å². The number of carboxylic acid groups (broad SMARTS) is 2. The molecule has 0 aliphatic heterocycles. The van der Waals surface area contributed by atoms with E-state index in [1.807, 2.05) is 0 Å². The summed E-state index contributed by atoms with van der Waals surface area (Å²) in [5, 5.41) is 24.2. The van der Waals surface area contributed by atoms with Crippen molar-refractivity contribution in [3.8, 4) is 0 Å². The van der Waals surface area contributed by atoms with E-state index in [1.54, 1.807) is 18.7 Å². The third-order valence-electron chi connectivity index (χ3n) is 2.45. The first-order valence-corrected chi connectivity index (χ1v) is 7.14. The second kappa shape index (κ2) is 15.5. The highest BCUT2D eigenvalue weighted by molar-refractivity contribution is 5.72. The van der Waals surface area contributed by atoms with Gasteiger partial charge in [0, 0.05) is 12.4 Å². The lowest BCUT2D eigenvalue weighted by molar-refractivity contribution is -0.145. The van der Waals surface area contributed by atoms with Gasteiger partial charge in [-0.05, 0) is 13.3 Å². The molecule has 128 valence electrons. The Hall–Kier alpha value is -1.93. The smallest absolute Gasteiger partial charge is 0.332 e. The van der Waals surface area contributed by atoms with E-state index in [-0.39, 0.29) is 0 Å². The Morgan fingerprint density at radius 2 is 1.82 bits per heavy atom. The minimum Gasteiger partial charge on any atom is -0.480 e. The minimum absolute atomic E-state index is 0.606. The summed E-state index contributed by atoms with van der Waals surface area (Å²) in [6, 6.07) is -0.660. The number of rotatable bonds is 7. The average molecular weight is 317 g/mol. The molecule has 8 heteroatoms. The van der Waals surface area contributed by atoms with Gasteiger partial charge in [-0.2, -0.15) is 0 Å². The van der Waals surface area contributed by atoms with Crippen LogP contribution in [0.15, 0.2) is 18.7 Å². The van der Waals surface area contributed by atoms with E-state index in [1.165, 1.54) is 19.8 Å². The van der Waals surface area contributed by atoms with Crippen LogP contribution in [0.1, 0.15) is 46.0 Å². The molecule has 0 aromatic carbocycles. The van der Waals surface area contributed by atoms with Crippen molar-refractivity contribution in [2.75, 3.05) is 0 Å². The number of aliphatic hydroxyl groups excluding tert-OH is 1. The average Bonchev–Trinajstić information content (AvgIpc) is 3.03. The molecule has 0 bridgehead atoms. The molecule has 0 aliphatic rings. The van der Waals surface area contributed by atoms with Gasteiger partial charge in [0.25, 0.3) is 0 Å². The zero-order chi connectivity index (χ0) is 17.4. The molecule has 1 rings (SSSR count). The number of carbonyl (C=O) groups is 2. The molecule has 0 fully saturated rings. The van der Waals surface area contributed by atoms with E-state index in [0.717, 1.165) is 12.8 Å². The topological polar surface area (TPSA) is 150 Å². The number of unbranched alkanes of at least 4 members (excludes halogenated alkanes) is 3. The van der Waals surface area contributed by atoms with Crippen molar-refractivity contribution in [3.05, 3.63) is 18.7 Å². The number of hydrogen-bond donors (Lipinski definition) is 5. The summed E-state index contributed by atoms with van der Waals surface area (Å²) < 4.78 is 0. The number of carboxylic acids is 2. The number of nitrogens with one attached hydrogen (secondary N) is 1. The second-order valence-corrected chi connectivity index (χ2v) is 4.57. The third kappa shape index (κ3) is 18.1. The predicted octanol–water partition coefficient (Wildman–Crippen LogP) is 1.23. The number of nitrogens with two attached hydrogens (primary N) is 1. The van der Waals surface area contributed by atoms with Crippen LogP contribution < -0.4 is 5.73 Å². The lowest BCUT2D eigenvalue weighted by atomic mass is 10.1. The molecule has 2 atom stereocenters.